The van der Waals surface area contributed by atoms with Crippen LogP contribution in [0.5, 0.6) is 0 Å². The van der Waals surface area contributed by atoms with Gasteiger partial charge >= 0.3 is 0 Å². The number of nitrogens with zero attached hydrogens (tertiary/aromatic N) is 1. The van der Waals surface area contributed by atoms with Gasteiger partial charge in [-0.05, 0) is 42.7 Å². The molecule has 1 N–H and O–H groups in total. The van der Waals surface area contributed by atoms with Gasteiger partial charge in [0.15, 0.2) is 0 Å². The molecule has 0 bridgehead atoms. The molecule has 0 aromatic heterocycles. The average molecular weight is 359 g/mol. The van der Waals surface area contributed by atoms with Gasteiger partial charge in [-0.25, -0.2) is 0 Å². The smallest absolute Gasteiger partial charge is 0.241 e. The normalized spacial score (nSPS) is 15.9. The fourth-order valence-corrected chi connectivity index (χ4v) is 3.23. The molecule has 0 radical (unpaired) electrons. The van der Waals surface area contributed by atoms with E-state index in [4.69, 9.17) is 0 Å². The van der Waals surface area contributed by atoms with Crippen molar-refractivity contribution in [1.82, 2.24) is 4.90 Å². The maximum atomic E-state index is 12.5. The monoisotopic (exact) mass is 358 g/mol. The van der Waals surface area contributed by atoms with E-state index < -0.39 is 0 Å². The lowest BCUT2D eigenvalue weighted by Gasteiger charge is -2.32. The van der Waals surface area contributed by atoms with Crippen LogP contribution in [-0.2, 0) is 17.8 Å². The number of carbonyl (C=O) groups excluding carboxylic acids is 1. The fraction of sp³-hybridized carbons (Fsp3) is 0.278. The van der Waals surface area contributed by atoms with E-state index in [9.17, 15) is 4.79 Å². The summed E-state index contributed by atoms with van der Waals surface area (Å²) in [6.07, 6.45) is 1.00. The van der Waals surface area contributed by atoms with Gasteiger partial charge < -0.3 is 5.32 Å². The van der Waals surface area contributed by atoms with Crippen LogP contribution in [0.2, 0.25) is 0 Å². The van der Waals surface area contributed by atoms with Gasteiger partial charge in [0.2, 0.25) is 5.91 Å². The molecule has 0 saturated carbocycles. The first-order valence-electron chi connectivity index (χ1n) is 7.51. The van der Waals surface area contributed by atoms with Crippen molar-refractivity contribution in [2.75, 3.05) is 11.9 Å². The summed E-state index contributed by atoms with van der Waals surface area (Å²) < 4.78 is 0.963. The third-order valence-corrected chi connectivity index (χ3v) is 4.67. The molecule has 3 rings (SSSR count). The highest BCUT2D eigenvalue weighted by molar-refractivity contribution is 9.10. The molecular formula is C18H19BrN2O. The van der Waals surface area contributed by atoms with E-state index in [1.165, 1.54) is 11.1 Å². The second-order valence-electron chi connectivity index (χ2n) is 5.66. The molecule has 1 amide bonds. The zero-order valence-electron chi connectivity index (χ0n) is 12.6. The van der Waals surface area contributed by atoms with E-state index >= 15 is 0 Å². The molecule has 2 aromatic rings. The summed E-state index contributed by atoms with van der Waals surface area (Å²) in [6.45, 7) is 3.73. The quantitative estimate of drug-likeness (QED) is 0.903. The lowest BCUT2D eigenvalue weighted by Crippen LogP contribution is -2.44. The third kappa shape index (κ3) is 3.39. The van der Waals surface area contributed by atoms with Crippen molar-refractivity contribution in [3.63, 3.8) is 0 Å². The molecule has 0 fully saturated rings. The molecule has 0 aliphatic carbocycles. The van der Waals surface area contributed by atoms with E-state index in [0.29, 0.717) is 0 Å². The number of fused-ring (bicyclic) bond motifs is 1. The molecule has 4 heteroatoms. The number of halogens is 1. The first kappa shape index (κ1) is 15.3. The Morgan fingerprint density at radius 2 is 1.95 bits per heavy atom. The first-order valence-corrected chi connectivity index (χ1v) is 8.30. The summed E-state index contributed by atoms with van der Waals surface area (Å²) in [5.74, 6) is 0.0393. The molecule has 0 unspecified atom stereocenters. The van der Waals surface area contributed by atoms with Crippen LogP contribution in [0.4, 0.5) is 5.69 Å². The van der Waals surface area contributed by atoms with E-state index in [1.807, 2.05) is 31.2 Å². The number of benzene rings is 2. The highest BCUT2D eigenvalue weighted by Gasteiger charge is 2.25. The molecule has 3 nitrogen and oxygen atoms in total. The van der Waals surface area contributed by atoms with Crippen LogP contribution in [0.1, 0.15) is 18.1 Å². The third-order valence-electron chi connectivity index (χ3n) is 4.18. The Kier molecular flexibility index (Phi) is 4.60. The first-order chi connectivity index (χ1) is 10.6. The number of hydrogen-bond donors (Lipinski definition) is 1. The van der Waals surface area contributed by atoms with Crippen LogP contribution < -0.4 is 5.32 Å². The van der Waals surface area contributed by atoms with Crippen LogP contribution in [0.25, 0.3) is 0 Å². The van der Waals surface area contributed by atoms with Gasteiger partial charge in [0, 0.05) is 23.2 Å². The van der Waals surface area contributed by atoms with Crippen LogP contribution in [-0.4, -0.2) is 23.4 Å². The molecule has 1 heterocycles. The maximum absolute atomic E-state index is 12.5. The van der Waals surface area contributed by atoms with Gasteiger partial charge in [0.25, 0.3) is 0 Å². The van der Waals surface area contributed by atoms with Gasteiger partial charge in [-0.1, -0.05) is 46.3 Å². The van der Waals surface area contributed by atoms with E-state index in [1.54, 1.807) is 0 Å². The molecular weight excluding hydrogens is 340 g/mol. The molecule has 1 aliphatic rings. The van der Waals surface area contributed by atoms with Crippen molar-refractivity contribution in [3.8, 4) is 0 Å². The summed E-state index contributed by atoms with van der Waals surface area (Å²) in [5, 5.41) is 2.99. The zero-order valence-corrected chi connectivity index (χ0v) is 14.1. The number of nitrogens with one attached hydrogen (secondary N) is 1. The van der Waals surface area contributed by atoms with Crippen LogP contribution >= 0.6 is 15.9 Å². The number of rotatable bonds is 3. The number of amides is 1. The van der Waals surface area contributed by atoms with E-state index in [-0.39, 0.29) is 11.9 Å². The maximum Gasteiger partial charge on any atom is 0.241 e. The predicted octanol–water partition coefficient (Wildman–Crippen LogP) is 3.83. The lowest BCUT2D eigenvalue weighted by atomic mass is 9.99. The number of hydrogen-bond acceptors (Lipinski definition) is 2. The molecule has 0 spiro atoms. The van der Waals surface area contributed by atoms with Crippen molar-refractivity contribution >= 4 is 27.5 Å². The average Bonchev–Trinajstić information content (AvgIpc) is 2.53. The Hall–Kier alpha value is -1.65. The van der Waals surface area contributed by atoms with Gasteiger partial charge in [-0.3, -0.25) is 9.69 Å². The molecule has 1 atom stereocenters. The summed E-state index contributed by atoms with van der Waals surface area (Å²) in [6, 6.07) is 16.0. The highest BCUT2D eigenvalue weighted by atomic mass is 79.9. The van der Waals surface area contributed by atoms with Gasteiger partial charge in [-0.15, -0.1) is 0 Å². The summed E-state index contributed by atoms with van der Waals surface area (Å²) in [4.78, 5) is 14.7. The second kappa shape index (κ2) is 6.63. The Bertz CT molecular complexity index is 686. The van der Waals surface area contributed by atoms with Crippen LogP contribution in [0, 0.1) is 0 Å². The van der Waals surface area contributed by atoms with E-state index in [0.717, 1.165) is 29.7 Å². The SMILES string of the molecule is C[C@@H](C(=O)Nc1cccc(Br)c1)N1CCc2ccccc2C1. The van der Waals surface area contributed by atoms with Crippen molar-refractivity contribution < 1.29 is 4.79 Å². The van der Waals surface area contributed by atoms with Crippen molar-refractivity contribution in [2.45, 2.75) is 25.9 Å². The topological polar surface area (TPSA) is 32.3 Å². The summed E-state index contributed by atoms with van der Waals surface area (Å²) >= 11 is 3.42. The van der Waals surface area contributed by atoms with Gasteiger partial charge in [-0.2, -0.15) is 0 Å². The molecule has 1 aliphatic heterocycles. The minimum absolute atomic E-state index is 0.0393. The number of carbonyl (C=O) groups is 1. The molecule has 22 heavy (non-hydrogen) atoms. The van der Waals surface area contributed by atoms with Gasteiger partial charge in [0.05, 0.1) is 6.04 Å². The van der Waals surface area contributed by atoms with Crippen molar-refractivity contribution in [2.24, 2.45) is 0 Å². The second-order valence-corrected chi connectivity index (χ2v) is 6.58. The Balaban J connectivity index is 1.67. The Morgan fingerprint density at radius 1 is 1.18 bits per heavy atom. The summed E-state index contributed by atoms with van der Waals surface area (Å²) in [5.41, 5.74) is 3.55. The fourth-order valence-electron chi connectivity index (χ4n) is 2.83. The molecule has 0 saturated heterocycles. The predicted molar refractivity (Wildman–Crippen MR) is 92.8 cm³/mol. The largest absolute Gasteiger partial charge is 0.325 e. The van der Waals surface area contributed by atoms with Crippen molar-refractivity contribution in [3.05, 3.63) is 64.1 Å². The molecule has 114 valence electrons. The lowest BCUT2D eigenvalue weighted by molar-refractivity contribution is -0.121. The van der Waals surface area contributed by atoms with Crippen molar-refractivity contribution in [1.29, 1.82) is 0 Å². The standard InChI is InChI=1S/C18H19BrN2O/c1-13(18(22)20-17-8-4-7-16(19)11-17)21-10-9-14-5-2-3-6-15(14)12-21/h2-8,11,13H,9-10,12H2,1H3,(H,20,22)/t13-/m0/s1. The van der Waals surface area contributed by atoms with E-state index in [2.05, 4.69) is 50.4 Å². The highest BCUT2D eigenvalue weighted by Crippen LogP contribution is 2.21. The minimum atomic E-state index is -0.146. The number of anilines is 1. The summed E-state index contributed by atoms with van der Waals surface area (Å²) in [7, 11) is 0. The van der Waals surface area contributed by atoms with Crippen LogP contribution in [0.15, 0.2) is 53.0 Å². The Morgan fingerprint density at radius 3 is 2.73 bits per heavy atom. The van der Waals surface area contributed by atoms with Gasteiger partial charge in [0.1, 0.15) is 0 Å². The Labute approximate surface area is 139 Å². The minimum Gasteiger partial charge on any atom is -0.325 e. The zero-order chi connectivity index (χ0) is 15.5. The molecule has 2 aromatic carbocycles. The van der Waals surface area contributed by atoms with Crippen LogP contribution in [0.3, 0.4) is 0 Å².